The highest BCUT2D eigenvalue weighted by molar-refractivity contribution is 8.15. The summed E-state index contributed by atoms with van der Waals surface area (Å²) in [5.74, 6) is -1.29. The minimum absolute atomic E-state index is 0.169. The van der Waals surface area contributed by atoms with Crippen molar-refractivity contribution < 1.29 is 19.5 Å². The molecule has 0 radical (unpaired) electrons. The van der Waals surface area contributed by atoms with Gasteiger partial charge in [-0.15, -0.1) is 0 Å². The van der Waals surface area contributed by atoms with Crippen LogP contribution in [-0.2, 0) is 4.79 Å². The van der Waals surface area contributed by atoms with Gasteiger partial charge in [0.1, 0.15) is 0 Å². The lowest BCUT2D eigenvalue weighted by atomic mass is 10.2. The number of carboxylic acid groups (broad SMARTS) is 1. The Bertz CT molecular complexity index is 529. The number of carbonyl (C=O) groups excluding carboxylic acids is 2. The lowest BCUT2D eigenvalue weighted by molar-refractivity contribution is -0.126. The monoisotopic (exact) mass is 280 g/mol. The summed E-state index contributed by atoms with van der Waals surface area (Å²) in [7, 11) is 0. The quantitative estimate of drug-likeness (QED) is 0.875. The number of rotatable bonds is 4. The summed E-state index contributed by atoms with van der Waals surface area (Å²) in [5, 5.41) is 10.8. The van der Waals surface area contributed by atoms with E-state index in [1.807, 2.05) is 0 Å². The number of likely N-dealkylation sites (N-methyl/N-ethyl adjacent to an activating group) is 1. The molecule has 6 nitrogen and oxygen atoms in total. The van der Waals surface area contributed by atoms with E-state index in [4.69, 9.17) is 5.11 Å². The van der Waals surface area contributed by atoms with Crippen molar-refractivity contribution in [3.63, 3.8) is 0 Å². The number of carboxylic acids is 1. The molecule has 1 aromatic rings. The molecule has 1 fully saturated rings. The molecule has 0 spiro atoms. The molecule has 0 saturated carbocycles. The van der Waals surface area contributed by atoms with Crippen LogP contribution in [0, 0.1) is 0 Å². The van der Waals surface area contributed by atoms with Crippen LogP contribution in [0.4, 0.5) is 10.5 Å². The summed E-state index contributed by atoms with van der Waals surface area (Å²) in [6.07, 6.45) is 0. The van der Waals surface area contributed by atoms with Crippen LogP contribution in [0.5, 0.6) is 0 Å². The van der Waals surface area contributed by atoms with Crippen LogP contribution >= 0.6 is 11.8 Å². The number of thioether (sulfide) groups is 1. The number of carbonyl (C=O) groups is 3. The molecule has 1 aromatic carbocycles. The summed E-state index contributed by atoms with van der Waals surface area (Å²) in [5.41, 5.74) is 0.767. The number of hydrogen-bond donors (Lipinski definition) is 2. The minimum Gasteiger partial charge on any atom is -0.478 e. The van der Waals surface area contributed by atoms with E-state index in [9.17, 15) is 14.4 Å². The molecule has 7 heteroatoms. The molecule has 0 aliphatic carbocycles. The minimum atomic E-state index is -1.01. The Morgan fingerprint density at radius 2 is 2.00 bits per heavy atom. The Morgan fingerprint density at radius 1 is 1.37 bits per heavy atom. The van der Waals surface area contributed by atoms with Crippen LogP contribution in [-0.4, -0.2) is 39.0 Å². The summed E-state index contributed by atoms with van der Waals surface area (Å²) < 4.78 is 0. The van der Waals surface area contributed by atoms with Crippen LogP contribution in [0.25, 0.3) is 0 Å². The van der Waals surface area contributed by atoms with Gasteiger partial charge in [-0.1, -0.05) is 0 Å². The fourth-order valence-corrected chi connectivity index (χ4v) is 2.65. The predicted molar refractivity (Wildman–Crippen MR) is 71.2 cm³/mol. The molecule has 100 valence electrons. The molecule has 19 heavy (non-hydrogen) atoms. The maximum absolute atomic E-state index is 11.9. The lowest BCUT2D eigenvalue weighted by Crippen LogP contribution is -2.34. The third-order valence-electron chi connectivity index (χ3n) is 2.68. The lowest BCUT2D eigenvalue weighted by Gasteiger charge is -2.12. The first kappa shape index (κ1) is 13.4. The van der Waals surface area contributed by atoms with Crippen molar-refractivity contribution in [1.82, 2.24) is 4.90 Å². The van der Waals surface area contributed by atoms with Crippen LogP contribution in [0.1, 0.15) is 17.3 Å². The van der Waals surface area contributed by atoms with E-state index in [0.29, 0.717) is 12.2 Å². The number of nitrogens with one attached hydrogen (secondary N) is 1. The molecule has 1 heterocycles. The van der Waals surface area contributed by atoms with Gasteiger partial charge in [-0.3, -0.25) is 14.5 Å². The predicted octanol–water partition coefficient (Wildman–Crippen LogP) is 1.84. The normalized spacial score (nSPS) is 18.8. The Hall–Kier alpha value is -2.02. The largest absolute Gasteiger partial charge is 0.478 e. The van der Waals surface area contributed by atoms with Gasteiger partial charge in [-0.25, -0.2) is 4.79 Å². The van der Waals surface area contributed by atoms with Crippen LogP contribution in [0.3, 0.4) is 0 Å². The summed E-state index contributed by atoms with van der Waals surface area (Å²) >= 11 is 0.922. The van der Waals surface area contributed by atoms with Crippen molar-refractivity contribution in [2.45, 2.75) is 12.3 Å². The van der Waals surface area contributed by atoms with Crippen LogP contribution in [0.2, 0.25) is 0 Å². The third kappa shape index (κ3) is 2.70. The number of hydrogen-bond acceptors (Lipinski definition) is 5. The van der Waals surface area contributed by atoms with Crippen molar-refractivity contribution in [2.75, 3.05) is 11.9 Å². The molecule has 0 aromatic heterocycles. The smallest absolute Gasteiger partial charge is 0.335 e. The van der Waals surface area contributed by atoms with E-state index in [2.05, 4.69) is 5.32 Å². The van der Waals surface area contributed by atoms with E-state index < -0.39 is 11.3 Å². The van der Waals surface area contributed by atoms with Gasteiger partial charge in [0.2, 0.25) is 0 Å². The number of anilines is 1. The number of nitrogens with zero attached hydrogens (tertiary/aromatic N) is 1. The van der Waals surface area contributed by atoms with E-state index in [1.54, 1.807) is 19.1 Å². The molecule has 0 bridgehead atoms. The van der Waals surface area contributed by atoms with Gasteiger partial charge >= 0.3 is 5.97 Å². The number of aromatic carboxylic acids is 1. The highest BCUT2D eigenvalue weighted by atomic mass is 32.2. The molecule has 1 aliphatic rings. The third-order valence-corrected chi connectivity index (χ3v) is 3.65. The van der Waals surface area contributed by atoms with Gasteiger partial charge in [0.25, 0.3) is 11.1 Å². The molecule has 2 amide bonds. The van der Waals surface area contributed by atoms with Crippen molar-refractivity contribution in [1.29, 1.82) is 0 Å². The molecule has 1 atom stereocenters. The van der Waals surface area contributed by atoms with E-state index in [-0.39, 0.29) is 16.7 Å². The second kappa shape index (κ2) is 5.31. The van der Waals surface area contributed by atoms with Gasteiger partial charge in [0, 0.05) is 12.2 Å². The Kier molecular flexibility index (Phi) is 3.75. The fourth-order valence-electron chi connectivity index (χ4n) is 1.68. The molecule has 2 rings (SSSR count). The molecular weight excluding hydrogens is 268 g/mol. The molecule has 1 saturated heterocycles. The first-order valence-corrected chi connectivity index (χ1v) is 6.52. The highest BCUT2D eigenvalue weighted by Crippen LogP contribution is 2.27. The average molecular weight is 280 g/mol. The number of benzene rings is 1. The van der Waals surface area contributed by atoms with Gasteiger partial charge in [-0.05, 0) is 43.0 Å². The summed E-state index contributed by atoms with van der Waals surface area (Å²) in [6.45, 7) is 2.08. The van der Waals surface area contributed by atoms with Gasteiger partial charge in [-0.2, -0.15) is 0 Å². The van der Waals surface area contributed by atoms with Gasteiger partial charge in [0.15, 0.2) is 5.37 Å². The Morgan fingerprint density at radius 3 is 2.47 bits per heavy atom. The van der Waals surface area contributed by atoms with E-state index >= 15 is 0 Å². The van der Waals surface area contributed by atoms with Crippen LogP contribution < -0.4 is 5.32 Å². The Labute approximate surface area is 113 Å². The Balaban J connectivity index is 2.08. The first-order valence-electron chi connectivity index (χ1n) is 5.65. The highest BCUT2D eigenvalue weighted by Gasteiger charge is 2.38. The van der Waals surface area contributed by atoms with Crippen molar-refractivity contribution in [3.8, 4) is 0 Å². The summed E-state index contributed by atoms with van der Waals surface area (Å²) in [4.78, 5) is 35.2. The molecule has 2 N–H and O–H groups in total. The zero-order valence-corrected chi connectivity index (χ0v) is 10.9. The maximum atomic E-state index is 11.9. The molecular formula is C12H12N2O4S. The molecule has 1 aliphatic heterocycles. The SMILES string of the molecule is CCN1C(=O)SC(Nc2ccc(C(=O)O)cc2)C1=O. The standard InChI is InChI=1S/C12H12N2O4S/c1-2-14-10(15)9(19-12(14)18)13-8-5-3-7(4-6-8)11(16)17/h3-6,9,13H,2H2,1H3,(H,16,17). The first-order chi connectivity index (χ1) is 9.02. The average Bonchev–Trinajstić information content (AvgIpc) is 2.64. The van der Waals surface area contributed by atoms with E-state index in [0.717, 1.165) is 11.8 Å². The second-order valence-corrected chi connectivity index (χ2v) is 4.93. The number of imide groups is 1. The molecule has 1 unspecified atom stereocenters. The fraction of sp³-hybridized carbons (Fsp3) is 0.250. The second-order valence-electron chi connectivity index (χ2n) is 3.87. The van der Waals surface area contributed by atoms with Gasteiger partial charge in [0.05, 0.1) is 5.56 Å². The van der Waals surface area contributed by atoms with Crippen LogP contribution in [0.15, 0.2) is 24.3 Å². The topological polar surface area (TPSA) is 86.7 Å². The zero-order valence-electron chi connectivity index (χ0n) is 10.1. The van der Waals surface area contributed by atoms with Crippen molar-refractivity contribution in [2.24, 2.45) is 0 Å². The van der Waals surface area contributed by atoms with Crippen molar-refractivity contribution >= 4 is 34.6 Å². The summed E-state index contributed by atoms with van der Waals surface area (Å²) in [6, 6.07) is 6.01. The zero-order chi connectivity index (χ0) is 14.0. The maximum Gasteiger partial charge on any atom is 0.335 e. The van der Waals surface area contributed by atoms with Crippen molar-refractivity contribution in [3.05, 3.63) is 29.8 Å². The van der Waals surface area contributed by atoms with Gasteiger partial charge < -0.3 is 10.4 Å². The van der Waals surface area contributed by atoms with E-state index in [1.165, 1.54) is 17.0 Å². The number of amides is 2.